The van der Waals surface area contributed by atoms with Crippen molar-refractivity contribution >= 4 is 23.9 Å². The molecular formula is C36H43NO9. The lowest BCUT2D eigenvalue weighted by Gasteiger charge is -2.26. The van der Waals surface area contributed by atoms with Crippen LogP contribution in [0.5, 0.6) is 23.0 Å². The van der Waals surface area contributed by atoms with E-state index in [2.05, 4.69) is 5.32 Å². The van der Waals surface area contributed by atoms with Gasteiger partial charge in [-0.05, 0) is 108 Å². The average molecular weight is 634 g/mol. The van der Waals surface area contributed by atoms with Gasteiger partial charge in [-0.1, -0.05) is 13.8 Å². The van der Waals surface area contributed by atoms with Gasteiger partial charge in [-0.25, -0.2) is 9.59 Å². The van der Waals surface area contributed by atoms with E-state index in [9.17, 15) is 24.3 Å². The van der Waals surface area contributed by atoms with E-state index in [4.69, 9.17) is 18.9 Å². The molecule has 0 aliphatic rings. The molecule has 0 atom stereocenters. The van der Waals surface area contributed by atoms with Crippen LogP contribution in [-0.2, 0) is 15.0 Å². The molecular weight excluding hydrogens is 590 g/mol. The summed E-state index contributed by atoms with van der Waals surface area (Å²) in [7, 11) is 0. The Morgan fingerprint density at radius 2 is 0.978 bits per heavy atom. The largest absolute Gasteiger partial charge is 0.426 e. The zero-order valence-corrected chi connectivity index (χ0v) is 27.7. The monoisotopic (exact) mass is 633 g/mol. The van der Waals surface area contributed by atoms with E-state index in [0.717, 1.165) is 0 Å². The van der Waals surface area contributed by atoms with E-state index < -0.39 is 40.1 Å². The first-order chi connectivity index (χ1) is 21.4. The molecule has 10 heteroatoms. The Bertz CT molecular complexity index is 1440. The summed E-state index contributed by atoms with van der Waals surface area (Å²) in [6.07, 6.45) is 0. The van der Waals surface area contributed by atoms with Crippen molar-refractivity contribution in [1.82, 2.24) is 5.32 Å². The summed E-state index contributed by atoms with van der Waals surface area (Å²) < 4.78 is 22.1. The van der Waals surface area contributed by atoms with Crippen molar-refractivity contribution in [2.24, 2.45) is 10.8 Å². The number of carbonyl (C=O) groups excluding carboxylic acids is 4. The standard InChI is InChI=1S/C36H43NO9/c1-34(2,3)32(41)45-26-13-9-23(10-14-26)30(39)43-28-19-25(36(7,8)22-37-17-18-38)20-29(21-28)44-31(40)24-11-15-27(16-12-24)46-33(42)35(4,5)6/h9-16,19-21,37-38H,17-18,22H2,1-8H3. The highest BCUT2D eigenvalue weighted by molar-refractivity contribution is 5.92. The Morgan fingerprint density at radius 1 is 0.587 bits per heavy atom. The molecule has 46 heavy (non-hydrogen) atoms. The van der Waals surface area contributed by atoms with Crippen molar-refractivity contribution in [3.05, 3.63) is 83.4 Å². The Kier molecular flexibility index (Phi) is 11.5. The molecule has 10 nitrogen and oxygen atoms in total. The molecule has 3 rings (SSSR count). The van der Waals surface area contributed by atoms with Crippen LogP contribution in [0.2, 0.25) is 0 Å². The van der Waals surface area contributed by atoms with Crippen LogP contribution in [0.4, 0.5) is 0 Å². The summed E-state index contributed by atoms with van der Waals surface area (Å²) in [5.41, 5.74) is -0.743. The summed E-state index contributed by atoms with van der Waals surface area (Å²) in [5.74, 6) is -1.26. The second-order valence-electron chi connectivity index (χ2n) is 13.6. The van der Waals surface area contributed by atoms with Gasteiger partial charge in [0.1, 0.15) is 23.0 Å². The lowest BCUT2D eigenvalue weighted by Crippen LogP contribution is -2.34. The van der Waals surface area contributed by atoms with Crippen LogP contribution in [0.1, 0.15) is 81.7 Å². The molecule has 246 valence electrons. The van der Waals surface area contributed by atoms with Gasteiger partial charge in [0, 0.05) is 24.6 Å². The first kappa shape index (κ1) is 35.9. The molecule has 0 aliphatic heterocycles. The predicted octanol–water partition coefficient (Wildman–Crippen LogP) is 5.89. The number of esters is 4. The number of hydrogen-bond acceptors (Lipinski definition) is 10. The van der Waals surface area contributed by atoms with Gasteiger partial charge in [0.15, 0.2) is 0 Å². The quantitative estimate of drug-likeness (QED) is 0.149. The maximum atomic E-state index is 13.1. The summed E-state index contributed by atoms with van der Waals surface area (Å²) in [4.78, 5) is 50.6. The Balaban J connectivity index is 1.83. The molecule has 0 saturated heterocycles. The molecule has 2 N–H and O–H groups in total. The fraction of sp³-hybridized carbons (Fsp3) is 0.389. The van der Waals surface area contributed by atoms with Gasteiger partial charge >= 0.3 is 23.9 Å². The molecule has 3 aromatic rings. The first-order valence-corrected chi connectivity index (χ1v) is 15.0. The highest BCUT2D eigenvalue weighted by atomic mass is 16.6. The third-order valence-electron chi connectivity index (χ3n) is 6.76. The first-order valence-electron chi connectivity index (χ1n) is 15.0. The number of carbonyl (C=O) groups is 4. The van der Waals surface area contributed by atoms with Crippen molar-refractivity contribution in [2.75, 3.05) is 19.7 Å². The molecule has 0 bridgehead atoms. The van der Waals surface area contributed by atoms with Crippen LogP contribution >= 0.6 is 0 Å². The minimum absolute atomic E-state index is 0.0288. The number of aliphatic hydroxyl groups excluding tert-OH is 1. The van der Waals surface area contributed by atoms with Crippen molar-refractivity contribution in [2.45, 2.75) is 60.8 Å². The normalized spacial score (nSPS) is 11.8. The molecule has 0 radical (unpaired) electrons. The Hall–Kier alpha value is -4.54. The third-order valence-corrected chi connectivity index (χ3v) is 6.76. The molecule has 0 spiro atoms. The van der Waals surface area contributed by atoms with E-state index in [-0.39, 0.29) is 29.2 Å². The van der Waals surface area contributed by atoms with Crippen LogP contribution < -0.4 is 24.3 Å². The van der Waals surface area contributed by atoms with Gasteiger partial charge < -0.3 is 29.4 Å². The van der Waals surface area contributed by atoms with E-state index >= 15 is 0 Å². The summed E-state index contributed by atoms with van der Waals surface area (Å²) in [6, 6.07) is 16.8. The van der Waals surface area contributed by atoms with Gasteiger partial charge in [0.2, 0.25) is 0 Å². The van der Waals surface area contributed by atoms with Crippen molar-refractivity contribution in [3.63, 3.8) is 0 Å². The third kappa shape index (κ3) is 10.3. The number of hydrogen-bond donors (Lipinski definition) is 2. The number of rotatable bonds is 11. The minimum atomic E-state index is -0.685. The van der Waals surface area contributed by atoms with E-state index in [0.29, 0.717) is 30.2 Å². The zero-order valence-electron chi connectivity index (χ0n) is 27.7. The molecule has 3 aromatic carbocycles. The number of ether oxygens (including phenoxy) is 4. The summed E-state index contributed by atoms with van der Waals surface area (Å²) >= 11 is 0. The second-order valence-corrected chi connectivity index (χ2v) is 13.6. The van der Waals surface area contributed by atoms with Crippen LogP contribution in [0, 0.1) is 10.8 Å². The van der Waals surface area contributed by atoms with Gasteiger partial charge in [0.25, 0.3) is 0 Å². The lowest BCUT2D eigenvalue weighted by atomic mass is 9.84. The van der Waals surface area contributed by atoms with Gasteiger partial charge in [0.05, 0.1) is 28.6 Å². The molecule has 0 saturated carbocycles. The summed E-state index contributed by atoms with van der Waals surface area (Å²) in [6.45, 7) is 15.2. The van der Waals surface area contributed by atoms with Crippen LogP contribution in [0.3, 0.4) is 0 Å². The fourth-order valence-electron chi connectivity index (χ4n) is 3.83. The van der Waals surface area contributed by atoms with Crippen LogP contribution in [0.15, 0.2) is 66.7 Å². The van der Waals surface area contributed by atoms with Crippen molar-refractivity contribution < 1.29 is 43.2 Å². The van der Waals surface area contributed by atoms with Crippen molar-refractivity contribution in [1.29, 1.82) is 0 Å². The molecule has 0 unspecified atom stereocenters. The highest BCUT2D eigenvalue weighted by Crippen LogP contribution is 2.32. The molecule has 0 amide bonds. The zero-order chi connectivity index (χ0) is 34.3. The van der Waals surface area contributed by atoms with Crippen molar-refractivity contribution in [3.8, 4) is 23.0 Å². The fourth-order valence-corrected chi connectivity index (χ4v) is 3.83. The minimum Gasteiger partial charge on any atom is -0.426 e. The van der Waals surface area contributed by atoms with Gasteiger partial charge in [-0.15, -0.1) is 0 Å². The number of aliphatic hydroxyl groups is 1. The lowest BCUT2D eigenvalue weighted by molar-refractivity contribution is -0.143. The van der Waals surface area contributed by atoms with E-state index in [1.165, 1.54) is 54.6 Å². The maximum Gasteiger partial charge on any atom is 0.343 e. The van der Waals surface area contributed by atoms with Gasteiger partial charge in [-0.2, -0.15) is 0 Å². The predicted molar refractivity (Wildman–Crippen MR) is 172 cm³/mol. The highest BCUT2D eigenvalue weighted by Gasteiger charge is 2.26. The SMILES string of the molecule is CC(C)(C)C(=O)Oc1ccc(C(=O)Oc2cc(OC(=O)c3ccc(OC(=O)C(C)(C)C)cc3)cc(C(C)(C)CNCCO)c2)cc1. The summed E-state index contributed by atoms with van der Waals surface area (Å²) in [5, 5.41) is 12.4. The topological polar surface area (TPSA) is 137 Å². The smallest absolute Gasteiger partial charge is 0.343 e. The molecule has 0 fully saturated rings. The van der Waals surface area contributed by atoms with E-state index in [1.807, 2.05) is 13.8 Å². The second kappa shape index (κ2) is 14.7. The van der Waals surface area contributed by atoms with E-state index in [1.54, 1.807) is 53.7 Å². The van der Waals surface area contributed by atoms with Gasteiger partial charge in [-0.3, -0.25) is 9.59 Å². The van der Waals surface area contributed by atoms with Crippen LogP contribution in [0.25, 0.3) is 0 Å². The van der Waals surface area contributed by atoms with Crippen LogP contribution in [-0.4, -0.2) is 48.7 Å². The maximum absolute atomic E-state index is 13.1. The number of nitrogens with one attached hydrogen (secondary N) is 1. The molecule has 0 aromatic heterocycles. The average Bonchev–Trinajstić information content (AvgIpc) is 2.96. The Labute approximate surface area is 270 Å². The Morgan fingerprint density at radius 3 is 1.33 bits per heavy atom. The molecule has 0 heterocycles. The number of benzene rings is 3. The molecule has 0 aliphatic carbocycles.